The first-order valence-electron chi connectivity index (χ1n) is 6.43. The fourth-order valence-corrected chi connectivity index (χ4v) is 2.99. The van der Waals surface area contributed by atoms with Gasteiger partial charge in [0.15, 0.2) is 5.76 Å². The molecule has 0 bridgehead atoms. The topological polar surface area (TPSA) is 101 Å². The predicted octanol–water partition coefficient (Wildman–Crippen LogP) is 0.732. The molecule has 0 unspecified atom stereocenters. The van der Waals surface area contributed by atoms with Crippen LogP contribution in [0.4, 0.5) is 0 Å². The Bertz CT molecular complexity index is 544. The monoisotopic (exact) mass is 303 g/mol. The maximum absolute atomic E-state index is 12.0. The van der Waals surface area contributed by atoms with Crippen LogP contribution < -0.4 is 10.0 Å². The molecule has 1 aromatic rings. The normalized spacial score (nSPS) is 11.8. The maximum atomic E-state index is 12.0. The highest BCUT2D eigenvalue weighted by atomic mass is 32.2. The Balaban J connectivity index is 2.51. The molecule has 0 aliphatic rings. The van der Waals surface area contributed by atoms with Gasteiger partial charge < -0.3 is 9.84 Å². The number of aromatic nitrogens is 1. The molecule has 114 valence electrons. The van der Waals surface area contributed by atoms with Gasteiger partial charge in [-0.1, -0.05) is 19.0 Å². The molecule has 20 heavy (non-hydrogen) atoms. The van der Waals surface area contributed by atoms with E-state index in [2.05, 4.69) is 15.2 Å². The standard InChI is InChI=1S/C12H21N3O4S/c1-8(2)7-13-11(16)5-6-14-20(17,18)12-9(3)15-19-10(12)4/h8,14H,5-7H2,1-4H3,(H,13,16). The van der Waals surface area contributed by atoms with E-state index < -0.39 is 10.0 Å². The molecule has 0 fully saturated rings. The summed E-state index contributed by atoms with van der Waals surface area (Å²) in [4.78, 5) is 11.5. The molecule has 2 N–H and O–H groups in total. The van der Waals surface area contributed by atoms with Crippen molar-refractivity contribution in [1.82, 2.24) is 15.2 Å². The van der Waals surface area contributed by atoms with E-state index in [1.165, 1.54) is 6.92 Å². The minimum absolute atomic E-state index is 0.0380. The van der Waals surface area contributed by atoms with Gasteiger partial charge in [-0.2, -0.15) is 0 Å². The summed E-state index contributed by atoms with van der Waals surface area (Å²) in [6, 6.07) is 0. The number of aryl methyl sites for hydroxylation is 2. The lowest BCUT2D eigenvalue weighted by molar-refractivity contribution is -0.121. The lowest BCUT2D eigenvalue weighted by Gasteiger charge is -2.08. The number of nitrogens with zero attached hydrogens (tertiary/aromatic N) is 1. The summed E-state index contributed by atoms with van der Waals surface area (Å²) in [5.74, 6) is 0.414. The fraction of sp³-hybridized carbons (Fsp3) is 0.667. The number of hydrogen-bond acceptors (Lipinski definition) is 5. The van der Waals surface area contributed by atoms with Crippen molar-refractivity contribution in [2.24, 2.45) is 5.92 Å². The van der Waals surface area contributed by atoms with Crippen molar-refractivity contribution in [3.05, 3.63) is 11.5 Å². The number of sulfonamides is 1. The molecule has 1 rings (SSSR count). The summed E-state index contributed by atoms with van der Waals surface area (Å²) >= 11 is 0. The summed E-state index contributed by atoms with van der Waals surface area (Å²) < 4.78 is 31.3. The third-order valence-corrected chi connectivity index (χ3v) is 4.29. The van der Waals surface area contributed by atoms with Crippen molar-refractivity contribution in [2.45, 2.75) is 39.0 Å². The molecule has 7 nitrogen and oxygen atoms in total. The van der Waals surface area contributed by atoms with E-state index >= 15 is 0 Å². The Labute approximate surface area is 119 Å². The largest absolute Gasteiger partial charge is 0.360 e. The van der Waals surface area contributed by atoms with Crippen LogP contribution >= 0.6 is 0 Å². The van der Waals surface area contributed by atoms with E-state index in [1.54, 1.807) is 6.92 Å². The first-order chi connectivity index (χ1) is 9.24. The zero-order chi connectivity index (χ0) is 15.3. The van der Waals surface area contributed by atoms with E-state index in [-0.39, 0.29) is 29.5 Å². The summed E-state index contributed by atoms with van der Waals surface area (Å²) in [6.07, 6.45) is 0.0926. The zero-order valence-corrected chi connectivity index (χ0v) is 13.0. The van der Waals surface area contributed by atoms with Crippen molar-refractivity contribution in [3.63, 3.8) is 0 Å². The van der Waals surface area contributed by atoms with Crippen LogP contribution in [0.5, 0.6) is 0 Å². The van der Waals surface area contributed by atoms with Crippen molar-refractivity contribution < 1.29 is 17.7 Å². The van der Waals surface area contributed by atoms with Crippen molar-refractivity contribution in [1.29, 1.82) is 0 Å². The van der Waals surface area contributed by atoms with E-state index in [0.29, 0.717) is 18.2 Å². The summed E-state index contributed by atoms with van der Waals surface area (Å²) in [5, 5.41) is 6.32. The highest BCUT2D eigenvalue weighted by molar-refractivity contribution is 7.89. The van der Waals surface area contributed by atoms with Gasteiger partial charge in [-0.25, -0.2) is 13.1 Å². The van der Waals surface area contributed by atoms with Crippen LogP contribution in [0.25, 0.3) is 0 Å². The number of hydrogen-bond donors (Lipinski definition) is 2. The zero-order valence-electron chi connectivity index (χ0n) is 12.2. The Morgan fingerprint density at radius 3 is 2.50 bits per heavy atom. The number of carbonyl (C=O) groups is 1. The first kappa shape index (κ1) is 16.6. The van der Waals surface area contributed by atoms with Crippen molar-refractivity contribution in [3.8, 4) is 0 Å². The minimum Gasteiger partial charge on any atom is -0.360 e. The average molecular weight is 303 g/mol. The molecule has 0 saturated heterocycles. The fourth-order valence-electron chi connectivity index (χ4n) is 1.64. The molecule has 1 amide bonds. The first-order valence-corrected chi connectivity index (χ1v) is 7.91. The molecule has 0 spiro atoms. The second kappa shape index (κ2) is 6.85. The molecular formula is C12H21N3O4S. The summed E-state index contributed by atoms with van der Waals surface area (Å²) in [6.45, 7) is 7.68. The van der Waals surface area contributed by atoms with Crippen LogP contribution in [-0.4, -0.2) is 32.6 Å². The van der Waals surface area contributed by atoms with Gasteiger partial charge in [-0.3, -0.25) is 4.79 Å². The molecule has 0 aromatic carbocycles. The molecule has 1 aromatic heterocycles. The molecule has 0 atom stereocenters. The molecule has 0 aliphatic heterocycles. The highest BCUT2D eigenvalue weighted by Crippen LogP contribution is 2.18. The van der Waals surface area contributed by atoms with Gasteiger partial charge in [0.05, 0.1) is 0 Å². The van der Waals surface area contributed by atoms with E-state index in [0.717, 1.165) is 0 Å². The molecule has 1 heterocycles. The number of amides is 1. The number of rotatable bonds is 7. The van der Waals surface area contributed by atoms with Gasteiger partial charge in [-0.15, -0.1) is 0 Å². The smallest absolute Gasteiger partial charge is 0.245 e. The van der Waals surface area contributed by atoms with E-state index in [1.807, 2.05) is 13.8 Å². The van der Waals surface area contributed by atoms with Crippen LogP contribution in [-0.2, 0) is 14.8 Å². The van der Waals surface area contributed by atoms with Crippen molar-refractivity contribution in [2.75, 3.05) is 13.1 Å². The number of nitrogens with one attached hydrogen (secondary N) is 2. The average Bonchev–Trinajstić information content (AvgIpc) is 2.66. The van der Waals surface area contributed by atoms with Crippen molar-refractivity contribution >= 4 is 15.9 Å². The Morgan fingerprint density at radius 1 is 1.35 bits per heavy atom. The minimum atomic E-state index is -3.69. The van der Waals surface area contributed by atoms with Gasteiger partial charge in [0.1, 0.15) is 10.6 Å². The third-order valence-electron chi connectivity index (χ3n) is 2.59. The van der Waals surface area contributed by atoms with Gasteiger partial charge >= 0.3 is 0 Å². The quantitative estimate of drug-likeness (QED) is 0.773. The maximum Gasteiger partial charge on any atom is 0.245 e. The number of carbonyl (C=O) groups excluding carboxylic acids is 1. The van der Waals surface area contributed by atoms with Gasteiger partial charge in [-0.05, 0) is 19.8 Å². The lowest BCUT2D eigenvalue weighted by atomic mass is 10.2. The third kappa shape index (κ3) is 4.61. The predicted molar refractivity (Wildman–Crippen MR) is 73.6 cm³/mol. The molecule has 0 saturated carbocycles. The lowest BCUT2D eigenvalue weighted by Crippen LogP contribution is -2.32. The summed E-state index contributed by atoms with van der Waals surface area (Å²) in [5.41, 5.74) is 0.305. The highest BCUT2D eigenvalue weighted by Gasteiger charge is 2.23. The van der Waals surface area contributed by atoms with Crippen LogP contribution in [0.3, 0.4) is 0 Å². The van der Waals surface area contributed by atoms with Gasteiger partial charge in [0.2, 0.25) is 15.9 Å². The SMILES string of the molecule is Cc1noc(C)c1S(=O)(=O)NCCC(=O)NCC(C)C. The van der Waals surface area contributed by atoms with Crippen LogP contribution in [0.2, 0.25) is 0 Å². The van der Waals surface area contributed by atoms with E-state index in [4.69, 9.17) is 4.52 Å². The molecule has 0 radical (unpaired) electrons. The van der Waals surface area contributed by atoms with Gasteiger partial charge in [0, 0.05) is 19.5 Å². The molecule has 0 aliphatic carbocycles. The second-order valence-corrected chi connectivity index (χ2v) is 6.70. The van der Waals surface area contributed by atoms with Crippen LogP contribution in [0.1, 0.15) is 31.7 Å². The molecular weight excluding hydrogens is 282 g/mol. The van der Waals surface area contributed by atoms with E-state index in [9.17, 15) is 13.2 Å². The Hall–Kier alpha value is -1.41. The second-order valence-electron chi connectivity index (χ2n) is 5.00. The van der Waals surface area contributed by atoms with Crippen LogP contribution in [0, 0.1) is 19.8 Å². The summed E-state index contributed by atoms with van der Waals surface area (Å²) in [7, 11) is -3.69. The molecule has 8 heteroatoms. The van der Waals surface area contributed by atoms with Crippen LogP contribution in [0.15, 0.2) is 9.42 Å². The van der Waals surface area contributed by atoms with Gasteiger partial charge in [0.25, 0.3) is 0 Å². The Kier molecular flexibility index (Phi) is 5.70. The Morgan fingerprint density at radius 2 is 2.00 bits per heavy atom.